The zero-order valence-corrected chi connectivity index (χ0v) is 19.0. The number of amidine groups is 1. The van der Waals surface area contributed by atoms with Crippen molar-refractivity contribution in [3.05, 3.63) is 71.6 Å². The average Bonchev–Trinajstić information content (AvgIpc) is 2.83. The lowest BCUT2D eigenvalue weighted by Gasteiger charge is -2.40. The van der Waals surface area contributed by atoms with E-state index < -0.39 is 17.3 Å². The van der Waals surface area contributed by atoms with Crippen LogP contribution in [0.25, 0.3) is 11.1 Å². The molecule has 3 aliphatic heterocycles. The summed E-state index contributed by atoms with van der Waals surface area (Å²) in [5, 5.41) is 0. The molecule has 1 aromatic heterocycles. The van der Waals surface area contributed by atoms with Crippen molar-refractivity contribution in [2.45, 2.75) is 12.5 Å². The summed E-state index contributed by atoms with van der Waals surface area (Å²) in [6.07, 6.45) is 1.39. The number of fused-ring (bicyclic) bond motifs is 4. The SMILES string of the molecule is CC1(COc2cc(F)c3c(c2)[C@@]2(COCC(N)=N2)c2cc(-c4cccnc4F)ccc2O3)COC1. The minimum Gasteiger partial charge on any atom is -0.493 e. The van der Waals surface area contributed by atoms with Crippen LogP contribution in [-0.2, 0) is 15.0 Å². The molecular weight excluding hydrogens is 456 g/mol. The van der Waals surface area contributed by atoms with Gasteiger partial charge in [0.25, 0.3) is 0 Å². The Bertz CT molecular complexity index is 1360. The van der Waals surface area contributed by atoms with Crippen LogP contribution in [0.15, 0.2) is 53.7 Å². The second-order valence-corrected chi connectivity index (χ2v) is 9.48. The number of nitrogens with two attached hydrogens (primary N) is 1. The number of nitrogens with zero attached hydrogens (tertiary/aromatic N) is 2. The Morgan fingerprint density at radius 2 is 1.91 bits per heavy atom. The average molecular weight is 479 g/mol. The van der Waals surface area contributed by atoms with Gasteiger partial charge in [0, 0.05) is 34.4 Å². The zero-order chi connectivity index (χ0) is 24.2. The van der Waals surface area contributed by atoms with E-state index in [2.05, 4.69) is 4.98 Å². The molecule has 180 valence electrons. The highest BCUT2D eigenvalue weighted by Crippen LogP contribution is 2.53. The maximum Gasteiger partial charge on any atom is 0.220 e. The summed E-state index contributed by atoms with van der Waals surface area (Å²) in [7, 11) is 0. The molecule has 0 radical (unpaired) electrons. The number of aliphatic imine (C=N–C) groups is 1. The summed E-state index contributed by atoms with van der Waals surface area (Å²) < 4.78 is 52.9. The van der Waals surface area contributed by atoms with Crippen LogP contribution < -0.4 is 15.2 Å². The summed E-state index contributed by atoms with van der Waals surface area (Å²) in [6, 6.07) is 11.5. The molecule has 0 unspecified atom stereocenters. The van der Waals surface area contributed by atoms with Crippen molar-refractivity contribution in [1.82, 2.24) is 4.98 Å². The van der Waals surface area contributed by atoms with Gasteiger partial charge in [-0.3, -0.25) is 4.99 Å². The molecule has 2 N–H and O–H groups in total. The van der Waals surface area contributed by atoms with Gasteiger partial charge in [-0.25, -0.2) is 9.37 Å². The number of pyridine rings is 1. The van der Waals surface area contributed by atoms with Gasteiger partial charge in [0.2, 0.25) is 5.95 Å². The van der Waals surface area contributed by atoms with E-state index in [9.17, 15) is 4.39 Å². The van der Waals surface area contributed by atoms with Gasteiger partial charge in [0.15, 0.2) is 11.6 Å². The first-order valence-corrected chi connectivity index (χ1v) is 11.3. The molecule has 2 aromatic carbocycles. The molecule has 0 bridgehead atoms. The molecule has 7 nitrogen and oxygen atoms in total. The predicted octanol–water partition coefficient (Wildman–Crippen LogP) is 4.18. The Balaban J connectivity index is 1.49. The van der Waals surface area contributed by atoms with E-state index in [0.717, 1.165) is 0 Å². The quantitative estimate of drug-likeness (QED) is 0.565. The molecule has 1 spiro atoms. The van der Waals surface area contributed by atoms with Crippen LogP contribution in [0.5, 0.6) is 17.2 Å². The Hall–Kier alpha value is -3.56. The second kappa shape index (κ2) is 8.00. The number of hydrogen-bond acceptors (Lipinski definition) is 7. The number of halogens is 2. The largest absolute Gasteiger partial charge is 0.493 e. The van der Waals surface area contributed by atoms with Crippen LogP contribution in [0, 0.1) is 17.2 Å². The molecule has 0 amide bonds. The van der Waals surface area contributed by atoms with Crippen molar-refractivity contribution >= 4 is 5.84 Å². The smallest absolute Gasteiger partial charge is 0.220 e. The third kappa shape index (κ3) is 3.62. The van der Waals surface area contributed by atoms with Crippen LogP contribution >= 0.6 is 0 Å². The van der Waals surface area contributed by atoms with Crippen LogP contribution in [-0.4, -0.2) is 43.9 Å². The van der Waals surface area contributed by atoms with Crippen LogP contribution in [0.4, 0.5) is 8.78 Å². The number of aromatic nitrogens is 1. The summed E-state index contributed by atoms with van der Waals surface area (Å²) in [4.78, 5) is 8.52. The molecule has 9 heteroatoms. The van der Waals surface area contributed by atoms with Gasteiger partial charge in [-0.05, 0) is 35.9 Å². The van der Waals surface area contributed by atoms with Gasteiger partial charge in [-0.15, -0.1) is 0 Å². The van der Waals surface area contributed by atoms with E-state index in [1.807, 2.05) is 6.92 Å². The van der Waals surface area contributed by atoms with Gasteiger partial charge in [0.1, 0.15) is 29.5 Å². The first-order valence-electron chi connectivity index (χ1n) is 11.3. The molecular formula is C26H23F2N3O4. The molecule has 1 fully saturated rings. The minimum absolute atomic E-state index is 0.0328. The number of rotatable bonds is 4. The Morgan fingerprint density at radius 1 is 1.06 bits per heavy atom. The lowest BCUT2D eigenvalue weighted by atomic mass is 9.79. The Kier molecular flexibility index (Phi) is 5.01. The van der Waals surface area contributed by atoms with Gasteiger partial charge < -0.3 is 24.7 Å². The van der Waals surface area contributed by atoms with E-state index in [-0.39, 0.29) is 30.2 Å². The van der Waals surface area contributed by atoms with Crippen molar-refractivity contribution in [1.29, 1.82) is 0 Å². The highest BCUT2D eigenvalue weighted by atomic mass is 19.1. The highest BCUT2D eigenvalue weighted by molar-refractivity contribution is 5.84. The number of benzene rings is 2. The standard InChI is InChI=1S/C26H23F2N3O4/c1-25(11-33-12-25)13-34-16-8-19-23(20(27)9-16)35-21-5-4-15(17-3-2-6-30-24(17)28)7-18(21)26(19)14-32-10-22(29)31-26/h2-9H,10-14H2,1H3,(H2,29,31)/t26-/m1/s1. The van der Waals surface area contributed by atoms with Crippen LogP contribution in [0.2, 0.25) is 0 Å². The fraction of sp³-hybridized carbons (Fsp3) is 0.308. The lowest BCUT2D eigenvalue weighted by Crippen LogP contribution is -2.44. The summed E-state index contributed by atoms with van der Waals surface area (Å²) in [5.41, 5.74) is 6.73. The first kappa shape index (κ1) is 21.9. The Morgan fingerprint density at radius 3 is 2.66 bits per heavy atom. The monoisotopic (exact) mass is 479 g/mol. The topological polar surface area (TPSA) is 88.2 Å². The third-order valence-electron chi connectivity index (χ3n) is 6.55. The molecule has 1 saturated heterocycles. The summed E-state index contributed by atoms with van der Waals surface area (Å²) >= 11 is 0. The van der Waals surface area contributed by atoms with Crippen molar-refractivity contribution in [3.8, 4) is 28.4 Å². The first-order chi connectivity index (χ1) is 16.9. The van der Waals surface area contributed by atoms with E-state index in [1.165, 1.54) is 12.3 Å². The molecule has 3 aromatic rings. The van der Waals surface area contributed by atoms with Crippen molar-refractivity contribution in [2.75, 3.05) is 33.0 Å². The van der Waals surface area contributed by atoms with E-state index >= 15 is 4.39 Å². The molecule has 0 saturated carbocycles. The highest BCUT2D eigenvalue weighted by Gasteiger charge is 2.46. The maximum absolute atomic E-state index is 15.4. The van der Waals surface area contributed by atoms with Crippen LogP contribution in [0.3, 0.4) is 0 Å². The van der Waals surface area contributed by atoms with Crippen molar-refractivity contribution in [2.24, 2.45) is 16.1 Å². The second-order valence-electron chi connectivity index (χ2n) is 9.48. The lowest BCUT2D eigenvalue weighted by molar-refractivity contribution is -0.120. The van der Waals surface area contributed by atoms with Gasteiger partial charge in [-0.1, -0.05) is 13.0 Å². The van der Waals surface area contributed by atoms with Crippen molar-refractivity contribution < 1.29 is 27.7 Å². The molecule has 3 aliphatic rings. The summed E-state index contributed by atoms with van der Waals surface area (Å²) in [5.74, 6) is -0.158. The maximum atomic E-state index is 15.4. The van der Waals surface area contributed by atoms with Gasteiger partial charge in [-0.2, -0.15) is 4.39 Å². The van der Waals surface area contributed by atoms with E-state index in [0.29, 0.717) is 53.6 Å². The number of ether oxygens (including phenoxy) is 4. The third-order valence-corrected chi connectivity index (χ3v) is 6.55. The van der Waals surface area contributed by atoms with Crippen molar-refractivity contribution in [3.63, 3.8) is 0 Å². The van der Waals surface area contributed by atoms with E-state index in [1.54, 1.807) is 36.4 Å². The van der Waals surface area contributed by atoms with Gasteiger partial charge in [0.05, 0.1) is 26.4 Å². The molecule has 1 atom stereocenters. The summed E-state index contributed by atoms with van der Waals surface area (Å²) in [6.45, 7) is 3.85. The fourth-order valence-electron chi connectivity index (χ4n) is 4.71. The molecule has 6 rings (SSSR count). The predicted molar refractivity (Wildman–Crippen MR) is 124 cm³/mol. The zero-order valence-electron chi connectivity index (χ0n) is 19.0. The minimum atomic E-state index is -1.19. The van der Waals surface area contributed by atoms with Crippen LogP contribution in [0.1, 0.15) is 18.1 Å². The normalized spacial score (nSPS) is 21.9. The molecule has 0 aliphatic carbocycles. The molecule has 35 heavy (non-hydrogen) atoms. The number of hydrogen-bond donors (Lipinski definition) is 1. The molecule has 4 heterocycles. The Labute approximate surface area is 200 Å². The van der Waals surface area contributed by atoms with Gasteiger partial charge >= 0.3 is 0 Å². The van der Waals surface area contributed by atoms with E-state index in [4.69, 9.17) is 29.7 Å². The fourth-order valence-corrected chi connectivity index (χ4v) is 4.71.